The molecule has 3 rings (SSSR count). The molecule has 0 aromatic heterocycles. The summed E-state index contributed by atoms with van der Waals surface area (Å²) in [6.45, 7) is 0.564. The SMILES string of the molecule is O=C(CC=Cc1ccc(F)cc1)N1CCC(O)(c2cccc(OC(F)(F)F)c2)CC1. The standard InChI is InChI=1S/C22H21F4NO3/c23-18-9-7-16(8-10-18)3-1-6-20(28)27-13-11-21(29,12-14-27)17-4-2-5-19(15-17)30-22(24,25)26/h1-5,7-10,15,29H,6,11-14H2. The normalized spacial score (nSPS) is 16.6. The van der Waals surface area contributed by atoms with Gasteiger partial charge >= 0.3 is 6.36 Å². The van der Waals surface area contributed by atoms with Crippen LogP contribution in [0.25, 0.3) is 6.08 Å². The molecular weight excluding hydrogens is 402 g/mol. The number of aliphatic hydroxyl groups is 1. The molecule has 0 unspecified atom stereocenters. The van der Waals surface area contributed by atoms with E-state index in [4.69, 9.17) is 0 Å². The summed E-state index contributed by atoms with van der Waals surface area (Å²) in [5.74, 6) is -0.845. The van der Waals surface area contributed by atoms with Crippen LogP contribution in [0.2, 0.25) is 0 Å². The molecule has 0 bridgehead atoms. The highest BCUT2D eigenvalue weighted by atomic mass is 19.4. The summed E-state index contributed by atoms with van der Waals surface area (Å²) in [4.78, 5) is 14.0. The lowest BCUT2D eigenvalue weighted by Gasteiger charge is -2.38. The number of nitrogens with zero attached hydrogens (tertiary/aromatic N) is 1. The maximum Gasteiger partial charge on any atom is 0.573 e. The molecule has 0 atom stereocenters. The fourth-order valence-electron chi connectivity index (χ4n) is 3.40. The number of benzene rings is 2. The molecule has 0 saturated carbocycles. The van der Waals surface area contributed by atoms with Gasteiger partial charge in [0.2, 0.25) is 5.91 Å². The van der Waals surface area contributed by atoms with Crippen molar-refractivity contribution in [3.63, 3.8) is 0 Å². The van der Waals surface area contributed by atoms with E-state index >= 15 is 0 Å². The average molecular weight is 423 g/mol. The predicted molar refractivity (Wildman–Crippen MR) is 103 cm³/mol. The van der Waals surface area contributed by atoms with Crippen molar-refractivity contribution in [2.45, 2.75) is 31.2 Å². The van der Waals surface area contributed by atoms with Crippen LogP contribution in [0.15, 0.2) is 54.6 Å². The Bertz CT molecular complexity index is 901. The molecule has 160 valence electrons. The van der Waals surface area contributed by atoms with E-state index in [0.29, 0.717) is 5.56 Å². The van der Waals surface area contributed by atoms with Gasteiger partial charge in [0.25, 0.3) is 0 Å². The maximum atomic E-state index is 12.9. The highest BCUT2D eigenvalue weighted by Crippen LogP contribution is 2.35. The van der Waals surface area contributed by atoms with Gasteiger partial charge in [0.1, 0.15) is 11.6 Å². The summed E-state index contributed by atoms with van der Waals surface area (Å²) in [7, 11) is 0. The second-order valence-electron chi connectivity index (χ2n) is 7.15. The third kappa shape index (κ3) is 5.82. The fraction of sp³-hybridized carbons (Fsp3) is 0.318. The number of rotatable bonds is 5. The average Bonchev–Trinajstić information content (AvgIpc) is 2.69. The highest BCUT2D eigenvalue weighted by molar-refractivity contribution is 5.78. The number of amides is 1. The topological polar surface area (TPSA) is 49.8 Å². The Morgan fingerprint density at radius 1 is 1.13 bits per heavy atom. The van der Waals surface area contributed by atoms with Gasteiger partial charge < -0.3 is 14.7 Å². The van der Waals surface area contributed by atoms with Crippen LogP contribution in [0, 0.1) is 5.82 Å². The zero-order chi connectivity index (χ0) is 21.8. The lowest BCUT2D eigenvalue weighted by molar-refractivity contribution is -0.274. The van der Waals surface area contributed by atoms with Crippen LogP contribution in [-0.2, 0) is 10.4 Å². The van der Waals surface area contributed by atoms with Gasteiger partial charge in [-0.25, -0.2) is 4.39 Å². The molecule has 0 radical (unpaired) electrons. The number of carbonyl (C=O) groups excluding carboxylic acids is 1. The van der Waals surface area contributed by atoms with Crippen molar-refractivity contribution >= 4 is 12.0 Å². The first-order valence-electron chi connectivity index (χ1n) is 9.43. The Morgan fingerprint density at radius 2 is 1.80 bits per heavy atom. The molecular formula is C22H21F4NO3. The minimum atomic E-state index is -4.81. The summed E-state index contributed by atoms with van der Waals surface area (Å²) in [6, 6.07) is 11.2. The molecule has 1 amide bonds. The van der Waals surface area contributed by atoms with Crippen molar-refractivity contribution in [3.05, 3.63) is 71.6 Å². The number of carbonyl (C=O) groups is 1. The molecule has 0 aliphatic carbocycles. The number of piperidine rings is 1. The van der Waals surface area contributed by atoms with Crippen LogP contribution in [-0.4, -0.2) is 35.4 Å². The largest absolute Gasteiger partial charge is 0.573 e. The number of halogens is 4. The molecule has 8 heteroatoms. The zero-order valence-corrected chi connectivity index (χ0v) is 16.0. The van der Waals surface area contributed by atoms with Crippen LogP contribution >= 0.6 is 0 Å². The van der Waals surface area contributed by atoms with E-state index in [1.807, 2.05) is 0 Å². The van der Waals surface area contributed by atoms with E-state index in [-0.39, 0.29) is 44.1 Å². The summed E-state index contributed by atoms with van der Waals surface area (Å²) in [5.41, 5.74) is -0.225. The fourth-order valence-corrected chi connectivity index (χ4v) is 3.40. The lowest BCUT2D eigenvalue weighted by Crippen LogP contribution is -2.45. The van der Waals surface area contributed by atoms with Crippen LogP contribution in [0.1, 0.15) is 30.4 Å². The van der Waals surface area contributed by atoms with Gasteiger partial charge in [0.05, 0.1) is 5.60 Å². The Hall–Kier alpha value is -2.87. The molecule has 0 spiro atoms. The first kappa shape index (κ1) is 21.8. The van der Waals surface area contributed by atoms with Crippen LogP contribution in [0.4, 0.5) is 17.6 Å². The van der Waals surface area contributed by atoms with Crippen LogP contribution in [0.5, 0.6) is 5.75 Å². The zero-order valence-electron chi connectivity index (χ0n) is 16.0. The van der Waals surface area contributed by atoms with Crippen molar-refractivity contribution < 1.29 is 32.2 Å². The second kappa shape index (κ2) is 8.87. The van der Waals surface area contributed by atoms with Crippen molar-refractivity contribution in [2.24, 2.45) is 0 Å². The van der Waals surface area contributed by atoms with E-state index < -0.39 is 17.7 Å². The molecule has 1 saturated heterocycles. The quantitative estimate of drug-likeness (QED) is 0.713. The van der Waals surface area contributed by atoms with Gasteiger partial charge in [0, 0.05) is 19.5 Å². The van der Waals surface area contributed by atoms with E-state index in [0.717, 1.165) is 5.56 Å². The van der Waals surface area contributed by atoms with Crippen molar-refractivity contribution in [1.29, 1.82) is 0 Å². The number of hydrogen-bond donors (Lipinski definition) is 1. The maximum absolute atomic E-state index is 12.9. The highest BCUT2D eigenvalue weighted by Gasteiger charge is 2.36. The van der Waals surface area contributed by atoms with E-state index in [9.17, 15) is 27.5 Å². The third-order valence-corrected chi connectivity index (χ3v) is 5.02. The minimum Gasteiger partial charge on any atom is -0.406 e. The molecule has 1 aliphatic heterocycles. The van der Waals surface area contributed by atoms with Gasteiger partial charge in [0.15, 0.2) is 0 Å². The summed E-state index contributed by atoms with van der Waals surface area (Å²) in [5, 5.41) is 10.9. The van der Waals surface area contributed by atoms with Crippen molar-refractivity contribution in [3.8, 4) is 5.75 Å². The lowest BCUT2D eigenvalue weighted by atomic mass is 9.84. The molecule has 1 aliphatic rings. The summed E-state index contributed by atoms with van der Waals surface area (Å²) >= 11 is 0. The van der Waals surface area contributed by atoms with Gasteiger partial charge in [-0.3, -0.25) is 4.79 Å². The van der Waals surface area contributed by atoms with Gasteiger partial charge in [-0.05, 0) is 48.2 Å². The van der Waals surface area contributed by atoms with E-state index in [1.165, 1.54) is 30.3 Å². The first-order chi connectivity index (χ1) is 14.1. The van der Waals surface area contributed by atoms with Crippen LogP contribution in [0.3, 0.4) is 0 Å². The molecule has 1 N–H and O–H groups in total. The van der Waals surface area contributed by atoms with E-state index in [1.54, 1.807) is 35.3 Å². The third-order valence-electron chi connectivity index (χ3n) is 5.02. The summed E-state index contributed by atoms with van der Waals surface area (Å²) in [6.07, 6.45) is -0.826. The first-order valence-corrected chi connectivity index (χ1v) is 9.43. The smallest absolute Gasteiger partial charge is 0.406 e. The van der Waals surface area contributed by atoms with Gasteiger partial charge in [-0.15, -0.1) is 13.2 Å². The van der Waals surface area contributed by atoms with Crippen LogP contribution < -0.4 is 4.74 Å². The Labute approximate surface area is 171 Å². The number of alkyl halides is 3. The second-order valence-corrected chi connectivity index (χ2v) is 7.15. The van der Waals surface area contributed by atoms with Crippen molar-refractivity contribution in [2.75, 3.05) is 13.1 Å². The monoisotopic (exact) mass is 423 g/mol. The van der Waals surface area contributed by atoms with Crippen molar-refractivity contribution in [1.82, 2.24) is 4.90 Å². The molecule has 4 nitrogen and oxygen atoms in total. The number of likely N-dealkylation sites (tertiary alicyclic amines) is 1. The number of ether oxygens (including phenoxy) is 1. The Balaban J connectivity index is 1.56. The number of hydrogen-bond acceptors (Lipinski definition) is 3. The molecule has 2 aromatic rings. The van der Waals surface area contributed by atoms with Gasteiger partial charge in [-0.2, -0.15) is 0 Å². The Morgan fingerprint density at radius 3 is 2.43 bits per heavy atom. The molecule has 30 heavy (non-hydrogen) atoms. The Kier molecular flexibility index (Phi) is 6.45. The molecule has 2 aromatic carbocycles. The summed E-state index contributed by atoms with van der Waals surface area (Å²) < 4.78 is 54.1. The molecule has 1 fully saturated rings. The molecule has 1 heterocycles. The van der Waals surface area contributed by atoms with E-state index in [2.05, 4.69) is 4.74 Å². The predicted octanol–water partition coefficient (Wildman–Crippen LogP) is 4.64. The minimum absolute atomic E-state index is 0.121. The van der Waals surface area contributed by atoms with Gasteiger partial charge in [-0.1, -0.05) is 36.4 Å².